The lowest BCUT2D eigenvalue weighted by Gasteiger charge is -2.32. The van der Waals surface area contributed by atoms with Crippen molar-refractivity contribution in [1.29, 1.82) is 0 Å². The quantitative estimate of drug-likeness (QED) is 0.912. The Morgan fingerprint density at radius 2 is 1.78 bits per heavy atom. The van der Waals surface area contributed by atoms with E-state index in [4.69, 9.17) is 9.47 Å². The minimum atomic E-state index is 0.346. The largest absolute Gasteiger partial charge is 0.493 e. The Labute approximate surface area is 138 Å². The average Bonchev–Trinajstić information content (AvgIpc) is 2.60. The van der Waals surface area contributed by atoms with Crippen LogP contribution in [0.4, 0.5) is 0 Å². The summed E-state index contributed by atoms with van der Waals surface area (Å²) in [5, 5.41) is 3.69. The minimum absolute atomic E-state index is 0.346. The molecule has 3 nitrogen and oxygen atoms in total. The normalized spacial score (nSPS) is 18.1. The molecule has 0 amide bonds. The van der Waals surface area contributed by atoms with Crippen molar-refractivity contribution in [2.75, 3.05) is 20.8 Å². The van der Waals surface area contributed by atoms with Crippen LogP contribution in [0.1, 0.15) is 29.7 Å². The first-order valence-corrected chi connectivity index (χ1v) is 8.25. The maximum absolute atomic E-state index is 5.50. The first kappa shape index (κ1) is 15.9. The zero-order valence-corrected chi connectivity index (χ0v) is 14.1. The molecule has 1 N–H and O–H groups in total. The SMILES string of the molecule is COc1cc2c(cc1OC)[C@@H]([C@H](C)Cc1ccccc1)NCC2. The van der Waals surface area contributed by atoms with E-state index in [0.717, 1.165) is 30.9 Å². The van der Waals surface area contributed by atoms with Gasteiger partial charge in [-0.1, -0.05) is 37.3 Å². The summed E-state index contributed by atoms with van der Waals surface area (Å²) in [6, 6.07) is 15.3. The highest BCUT2D eigenvalue weighted by Crippen LogP contribution is 2.38. The highest BCUT2D eigenvalue weighted by atomic mass is 16.5. The summed E-state index contributed by atoms with van der Waals surface area (Å²) in [6.07, 6.45) is 2.09. The van der Waals surface area contributed by atoms with Crippen molar-refractivity contribution in [3.05, 3.63) is 59.2 Å². The monoisotopic (exact) mass is 311 g/mol. The first-order chi connectivity index (χ1) is 11.2. The first-order valence-electron chi connectivity index (χ1n) is 8.25. The van der Waals surface area contributed by atoms with Gasteiger partial charge in [-0.3, -0.25) is 0 Å². The van der Waals surface area contributed by atoms with Gasteiger partial charge in [-0.25, -0.2) is 0 Å². The number of fused-ring (bicyclic) bond motifs is 1. The third kappa shape index (κ3) is 3.35. The Morgan fingerprint density at radius 3 is 2.48 bits per heavy atom. The number of nitrogens with one attached hydrogen (secondary N) is 1. The summed E-state index contributed by atoms with van der Waals surface area (Å²) < 4.78 is 10.9. The number of ether oxygens (including phenoxy) is 2. The lowest BCUT2D eigenvalue weighted by atomic mass is 9.84. The molecule has 0 unspecified atom stereocenters. The maximum Gasteiger partial charge on any atom is 0.161 e. The van der Waals surface area contributed by atoms with Crippen molar-refractivity contribution in [2.24, 2.45) is 5.92 Å². The van der Waals surface area contributed by atoms with Gasteiger partial charge in [0, 0.05) is 6.04 Å². The summed E-state index contributed by atoms with van der Waals surface area (Å²) in [5.41, 5.74) is 4.10. The van der Waals surface area contributed by atoms with Gasteiger partial charge >= 0.3 is 0 Å². The minimum Gasteiger partial charge on any atom is -0.493 e. The Bertz CT molecular complexity index is 654. The topological polar surface area (TPSA) is 30.5 Å². The van der Waals surface area contributed by atoms with Gasteiger partial charge in [0.15, 0.2) is 11.5 Å². The van der Waals surface area contributed by atoms with Crippen LogP contribution in [-0.4, -0.2) is 20.8 Å². The molecule has 23 heavy (non-hydrogen) atoms. The molecule has 2 atom stereocenters. The van der Waals surface area contributed by atoms with Gasteiger partial charge < -0.3 is 14.8 Å². The smallest absolute Gasteiger partial charge is 0.161 e. The molecule has 0 saturated heterocycles. The second-order valence-corrected chi connectivity index (χ2v) is 6.25. The number of hydrogen-bond acceptors (Lipinski definition) is 3. The van der Waals surface area contributed by atoms with Gasteiger partial charge in [-0.05, 0) is 54.1 Å². The molecule has 1 aliphatic rings. The van der Waals surface area contributed by atoms with Gasteiger partial charge in [-0.2, -0.15) is 0 Å². The van der Waals surface area contributed by atoms with E-state index in [0.29, 0.717) is 12.0 Å². The number of hydrogen-bond donors (Lipinski definition) is 1. The van der Waals surface area contributed by atoms with E-state index in [1.807, 2.05) is 0 Å². The van der Waals surface area contributed by atoms with Crippen molar-refractivity contribution >= 4 is 0 Å². The molecule has 0 aliphatic carbocycles. The fraction of sp³-hybridized carbons (Fsp3) is 0.400. The zero-order chi connectivity index (χ0) is 16.2. The Hall–Kier alpha value is -2.00. The fourth-order valence-electron chi connectivity index (χ4n) is 3.53. The van der Waals surface area contributed by atoms with Crippen LogP contribution < -0.4 is 14.8 Å². The molecule has 122 valence electrons. The van der Waals surface area contributed by atoms with E-state index in [1.165, 1.54) is 16.7 Å². The molecule has 0 fully saturated rings. The summed E-state index contributed by atoms with van der Waals surface area (Å²) in [7, 11) is 3.39. The molecule has 3 rings (SSSR count). The van der Waals surface area contributed by atoms with Crippen LogP contribution in [0, 0.1) is 5.92 Å². The molecule has 2 aromatic rings. The van der Waals surface area contributed by atoms with E-state index in [9.17, 15) is 0 Å². The molecule has 0 aromatic heterocycles. The molecule has 0 radical (unpaired) electrons. The predicted octanol–water partition coefficient (Wildman–Crippen LogP) is 3.77. The molecule has 1 heterocycles. The van der Waals surface area contributed by atoms with Gasteiger partial charge in [-0.15, -0.1) is 0 Å². The van der Waals surface area contributed by atoms with Crippen molar-refractivity contribution in [3.8, 4) is 11.5 Å². The van der Waals surface area contributed by atoms with Gasteiger partial charge in [0.05, 0.1) is 14.2 Å². The molecular weight excluding hydrogens is 286 g/mol. The van der Waals surface area contributed by atoms with E-state index < -0.39 is 0 Å². The molecule has 1 aliphatic heterocycles. The Balaban J connectivity index is 1.88. The van der Waals surface area contributed by atoms with Gasteiger partial charge in [0.25, 0.3) is 0 Å². The number of methoxy groups -OCH3 is 2. The second kappa shape index (κ2) is 7.05. The second-order valence-electron chi connectivity index (χ2n) is 6.25. The van der Waals surface area contributed by atoms with Crippen molar-refractivity contribution in [3.63, 3.8) is 0 Å². The lowest BCUT2D eigenvalue weighted by molar-refractivity contribution is 0.343. The van der Waals surface area contributed by atoms with Crippen molar-refractivity contribution in [1.82, 2.24) is 5.32 Å². The summed E-state index contributed by atoms with van der Waals surface area (Å²) in [4.78, 5) is 0. The van der Waals surface area contributed by atoms with Crippen LogP contribution in [0.3, 0.4) is 0 Å². The van der Waals surface area contributed by atoms with E-state index in [2.05, 4.69) is 54.7 Å². The van der Waals surface area contributed by atoms with Gasteiger partial charge in [0.1, 0.15) is 0 Å². The molecule has 2 aromatic carbocycles. The highest BCUT2D eigenvalue weighted by Gasteiger charge is 2.26. The van der Waals surface area contributed by atoms with Crippen LogP contribution in [0.25, 0.3) is 0 Å². The molecule has 0 bridgehead atoms. The summed E-state index contributed by atoms with van der Waals surface area (Å²) >= 11 is 0. The van der Waals surface area contributed by atoms with Crippen LogP contribution in [0.5, 0.6) is 11.5 Å². The number of rotatable bonds is 5. The van der Waals surface area contributed by atoms with Crippen LogP contribution in [0.2, 0.25) is 0 Å². The molecule has 0 spiro atoms. The van der Waals surface area contributed by atoms with Crippen molar-refractivity contribution < 1.29 is 9.47 Å². The lowest BCUT2D eigenvalue weighted by Crippen LogP contribution is -2.34. The summed E-state index contributed by atoms with van der Waals surface area (Å²) in [5.74, 6) is 2.14. The Morgan fingerprint density at radius 1 is 1.09 bits per heavy atom. The average molecular weight is 311 g/mol. The Kier molecular flexibility index (Phi) is 4.87. The molecule has 0 saturated carbocycles. The number of benzene rings is 2. The third-order valence-corrected chi connectivity index (χ3v) is 4.71. The fourth-order valence-corrected chi connectivity index (χ4v) is 3.53. The predicted molar refractivity (Wildman–Crippen MR) is 93.3 cm³/mol. The van der Waals surface area contributed by atoms with E-state index in [1.54, 1.807) is 14.2 Å². The maximum atomic E-state index is 5.50. The van der Waals surface area contributed by atoms with Crippen LogP contribution in [0.15, 0.2) is 42.5 Å². The zero-order valence-electron chi connectivity index (χ0n) is 14.1. The van der Waals surface area contributed by atoms with Crippen LogP contribution >= 0.6 is 0 Å². The van der Waals surface area contributed by atoms with Crippen molar-refractivity contribution in [2.45, 2.75) is 25.8 Å². The van der Waals surface area contributed by atoms with E-state index in [-0.39, 0.29) is 0 Å². The third-order valence-electron chi connectivity index (χ3n) is 4.71. The molecule has 3 heteroatoms. The molecular formula is C20H25NO2. The standard InChI is InChI=1S/C20H25NO2/c1-14(11-15-7-5-4-6-8-15)20-17-13-19(23-3)18(22-2)12-16(17)9-10-21-20/h4-8,12-14,20-21H,9-11H2,1-3H3/t14-,20-/m1/s1. The van der Waals surface area contributed by atoms with Crippen LogP contribution in [-0.2, 0) is 12.8 Å². The highest BCUT2D eigenvalue weighted by molar-refractivity contribution is 5.49. The van der Waals surface area contributed by atoms with Gasteiger partial charge in [0.2, 0.25) is 0 Å². The van der Waals surface area contributed by atoms with E-state index >= 15 is 0 Å². The summed E-state index contributed by atoms with van der Waals surface area (Å²) in [6.45, 7) is 3.32.